The first kappa shape index (κ1) is 11.8. The second kappa shape index (κ2) is 4.08. The number of hydrogen-bond acceptors (Lipinski definition) is 6. The molecular weight excluding hydrogens is 234 g/mol. The predicted octanol–water partition coefficient (Wildman–Crippen LogP) is 0.779. The Labute approximate surface area is 90.7 Å². The van der Waals surface area contributed by atoms with Crippen LogP contribution in [-0.4, -0.2) is 18.3 Å². The lowest BCUT2D eigenvalue weighted by Crippen LogP contribution is -2.03. The summed E-state index contributed by atoms with van der Waals surface area (Å²) in [6.45, 7) is 3.07. The van der Waals surface area contributed by atoms with Gasteiger partial charge in [-0.05, 0) is 0 Å². The summed E-state index contributed by atoms with van der Waals surface area (Å²) in [7, 11) is -3.88. The van der Waals surface area contributed by atoms with Crippen LogP contribution < -0.4 is 0 Å². The smallest absolute Gasteiger partial charge is 0.258 e. The van der Waals surface area contributed by atoms with Gasteiger partial charge >= 0.3 is 0 Å². The van der Waals surface area contributed by atoms with Crippen LogP contribution in [0.2, 0.25) is 0 Å². The third-order valence-corrected chi connectivity index (χ3v) is 2.96. The molecule has 0 amide bonds. The van der Waals surface area contributed by atoms with Crippen LogP contribution in [0.1, 0.15) is 5.56 Å². The van der Waals surface area contributed by atoms with Gasteiger partial charge in [0, 0.05) is 11.5 Å². The lowest BCUT2D eigenvalue weighted by molar-refractivity contribution is -0.385. The SMILES string of the molecule is C=CS(=O)(=O)c1ncc([N+](=O)[O-])cc1C#N. The van der Waals surface area contributed by atoms with Gasteiger partial charge in [-0.1, -0.05) is 6.58 Å². The summed E-state index contributed by atoms with van der Waals surface area (Å²) < 4.78 is 22.7. The van der Waals surface area contributed by atoms with Crippen molar-refractivity contribution in [3.8, 4) is 6.07 Å². The summed E-state index contributed by atoms with van der Waals surface area (Å²) in [5.41, 5.74) is -0.825. The summed E-state index contributed by atoms with van der Waals surface area (Å²) in [6.07, 6.45) is 0.775. The van der Waals surface area contributed by atoms with Crippen LogP contribution in [0.25, 0.3) is 0 Å². The Hall–Kier alpha value is -2.27. The molecule has 0 atom stereocenters. The largest absolute Gasteiger partial charge is 0.288 e. The first-order valence-electron chi connectivity index (χ1n) is 3.84. The van der Waals surface area contributed by atoms with Gasteiger partial charge < -0.3 is 0 Å². The van der Waals surface area contributed by atoms with Gasteiger partial charge in [-0.3, -0.25) is 10.1 Å². The number of hydrogen-bond donors (Lipinski definition) is 0. The molecule has 0 aliphatic heterocycles. The molecule has 1 aromatic rings. The van der Waals surface area contributed by atoms with Gasteiger partial charge in [-0.15, -0.1) is 0 Å². The predicted molar refractivity (Wildman–Crippen MR) is 53.0 cm³/mol. The number of rotatable bonds is 3. The second-order valence-electron chi connectivity index (χ2n) is 2.63. The molecule has 1 rings (SSSR count). The number of nitriles is 1. The quantitative estimate of drug-likeness (QED) is 0.568. The summed E-state index contributed by atoms with van der Waals surface area (Å²) >= 11 is 0. The van der Waals surface area contributed by atoms with Gasteiger partial charge in [0.1, 0.15) is 12.3 Å². The lowest BCUT2D eigenvalue weighted by Gasteiger charge is -1.99. The fourth-order valence-electron chi connectivity index (χ4n) is 0.927. The van der Waals surface area contributed by atoms with E-state index in [1.807, 2.05) is 0 Å². The lowest BCUT2D eigenvalue weighted by atomic mass is 10.3. The monoisotopic (exact) mass is 239 g/mol. The van der Waals surface area contributed by atoms with Crippen LogP contribution in [0.3, 0.4) is 0 Å². The molecule has 82 valence electrons. The van der Waals surface area contributed by atoms with E-state index >= 15 is 0 Å². The van der Waals surface area contributed by atoms with Crippen molar-refractivity contribution < 1.29 is 13.3 Å². The first-order chi connectivity index (χ1) is 7.42. The van der Waals surface area contributed by atoms with Crippen molar-refractivity contribution in [2.75, 3.05) is 0 Å². The highest BCUT2D eigenvalue weighted by Gasteiger charge is 2.20. The van der Waals surface area contributed by atoms with E-state index < -0.39 is 25.5 Å². The van der Waals surface area contributed by atoms with Crippen molar-refractivity contribution in [3.63, 3.8) is 0 Å². The van der Waals surface area contributed by atoms with Gasteiger partial charge in [-0.2, -0.15) is 5.26 Å². The van der Waals surface area contributed by atoms with Crippen LogP contribution in [0.15, 0.2) is 29.3 Å². The Morgan fingerprint density at radius 2 is 2.25 bits per heavy atom. The van der Waals surface area contributed by atoms with Crippen molar-refractivity contribution in [2.24, 2.45) is 0 Å². The van der Waals surface area contributed by atoms with Crippen molar-refractivity contribution in [2.45, 2.75) is 5.03 Å². The van der Waals surface area contributed by atoms with Gasteiger partial charge in [-0.25, -0.2) is 13.4 Å². The molecule has 0 saturated heterocycles. The molecule has 8 heteroatoms. The van der Waals surface area contributed by atoms with Gasteiger partial charge in [0.15, 0.2) is 5.03 Å². The molecule has 7 nitrogen and oxygen atoms in total. The Bertz CT molecular complexity index is 600. The maximum absolute atomic E-state index is 11.4. The molecule has 1 aromatic heterocycles. The van der Waals surface area contributed by atoms with Crippen molar-refractivity contribution in [3.05, 3.63) is 39.9 Å². The summed E-state index contributed by atoms with van der Waals surface area (Å²) in [6, 6.07) is 2.39. The van der Waals surface area contributed by atoms with Crippen LogP contribution in [0.4, 0.5) is 5.69 Å². The Kier molecular flexibility index (Phi) is 3.01. The fourth-order valence-corrected chi connectivity index (χ4v) is 1.70. The van der Waals surface area contributed by atoms with E-state index in [-0.39, 0.29) is 5.56 Å². The Balaban J connectivity index is 3.53. The maximum atomic E-state index is 11.4. The molecule has 0 aliphatic carbocycles. The molecule has 0 unspecified atom stereocenters. The molecule has 0 saturated carbocycles. The third-order valence-electron chi connectivity index (χ3n) is 1.66. The zero-order valence-electron chi connectivity index (χ0n) is 7.82. The molecule has 1 heterocycles. The normalized spacial score (nSPS) is 10.4. The highest BCUT2D eigenvalue weighted by atomic mass is 32.2. The molecule has 0 aliphatic rings. The third kappa shape index (κ3) is 2.04. The Morgan fingerprint density at radius 1 is 1.62 bits per heavy atom. The molecular formula is C8H5N3O4S. The van der Waals surface area contributed by atoms with E-state index in [1.165, 1.54) is 6.07 Å². The van der Waals surface area contributed by atoms with Crippen LogP contribution in [-0.2, 0) is 9.84 Å². The van der Waals surface area contributed by atoms with Crippen LogP contribution in [0, 0.1) is 21.4 Å². The molecule has 0 spiro atoms. The van der Waals surface area contributed by atoms with Gasteiger partial charge in [0.25, 0.3) is 5.69 Å². The van der Waals surface area contributed by atoms with E-state index in [9.17, 15) is 18.5 Å². The van der Waals surface area contributed by atoms with Gasteiger partial charge in [0.2, 0.25) is 9.84 Å². The summed E-state index contributed by atoms with van der Waals surface area (Å²) in [5.74, 6) is 0. The maximum Gasteiger partial charge on any atom is 0.288 e. The zero-order valence-corrected chi connectivity index (χ0v) is 8.64. The van der Waals surface area contributed by atoms with E-state index in [4.69, 9.17) is 5.26 Å². The topological polar surface area (TPSA) is 114 Å². The fraction of sp³-hybridized carbons (Fsp3) is 0. The van der Waals surface area contributed by atoms with Crippen LogP contribution in [0.5, 0.6) is 0 Å². The van der Waals surface area contributed by atoms with Crippen molar-refractivity contribution in [1.29, 1.82) is 5.26 Å². The number of nitro groups is 1. The minimum absolute atomic E-state index is 0.380. The molecule has 16 heavy (non-hydrogen) atoms. The van der Waals surface area contributed by atoms with Gasteiger partial charge in [0.05, 0.1) is 10.5 Å². The summed E-state index contributed by atoms with van der Waals surface area (Å²) in [5, 5.41) is 19.2. The first-order valence-corrected chi connectivity index (χ1v) is 5.39. The van der Waals surface area contributed by atoms with E-state index in [2.05, 4.69) is 11.6 Å². The average Bonchev–Trinajstić information content (AvgIpc) is 2.28. The minimum atomic E-state index is -3.88. The zero-order chi connectivity index (χ0) is 12.3. The number of sulfone groups is 1. The summed E-state index contributed by atoms with van der Waals surface area (Å²) in [4.78, 5) is 13.0. The highest BCUT2D eigenvalue weighted by molar-refractivity contribution is 7.94. The van der Waals surface area contributed by atoms with Crippen molar-refractivity contribution >= 4 is 15.5 Å². The van der Waals surface area contributed by atoms with E-state index in [0.29, 0.717) is 5.41 Å². The molecule has 0 N–H and O–H groups in total. The number of pyridine rings is 1. The van der Waals surface area contributed by atoms with E-state index in [0.717, 1.165) is 12.3 Å². The Morgan fingerprint density at radius 3 is 2.69 bits per heavy atom. The average molecular weight is 239 g/mol. The number of nitrogens with zero attached hydrogens (tertiary/aromatic N) is 3. The van der Waals surface area contributed by atoms with Crippen molar-refractivity contribution in [1.82, 2.24) is 4.98 Å². The molecule has 0 radical (unpaired) electrons. The minimum Gasteiger partial charge on any atom is -0.258 e. The standard InChI is InChI=1S/C8H5N3O4S/c1-2-16(14,15)8-6(4-9)3-7(5-10-8)11(12)13/h2-3,5H,1H2. The molecule has 0 aromatic carbocycles. The molecule has 0 fully saturated rings. The highest BCUT2D eigenvalue weighted by Crippen LogP contribution is 2.19. The van der Waals surface area contributed by atoms with Crippen LogP contribution >= 0.6 is 0 Å². The van der Waals surface area contributed by atoms with E-state index in [1.54, 1.807) is 0 Å². The molecule has 0 bridgehead atoms. The second-order valence-corrected chi connectivity index (χ2v) is 4.44. The number of aromatic nitrogens is 1.